The molecule has 0 spiro atoms. The fraction of sp³-hybridized carbons (Fsp3) is 0.611. The standard InChI is InChI=1S/C18H24ClNO5/c1-24-18-5-4-14(21)9-16(18)20(7-6-18)10-12-8-13(19)2-3-15(12)25-11-17(22)23/h2-3,8,14,16,21H,4-7,9-11H2,1H3,(H,22,23)/t14?,16?,18-/m1/s1. The number of carbonyl (C=O) groups is 1. The molecule has 1 heterocycles. The number of hydrogen-bond acceptors (Lipinski definition) is 5. The van der Waals surface area contributed by atoms with Crippen LogP contribution in [0.1, 0.15) is 31.2 Å². The third-order valence-corrected chi connectivity index (χ3v) is 5.66. The van der Waals surface area contributed by atoms with Crippen molar-refractivity contribution in [3.8, 4) is 5.75 Å². The van der Waals surface area contributed by atoms with E-state index in [1.54, 1.807) is 19.2 Å². The van der Waals surface area contributed by atoms with Gasteiger partial charge in [-0.2, -0.15) is 0 Å². The number of aliphatic hydroxyl groups is 1. The fourth-order valence-electron chi connectivity index (χ4n) is 4.13. The molecule has 3 atom stereocenters. The molecule has 1 aliphatic carbocycles. The zero-order chi connectivity index (χ0) is 18.0. The van der Waals surface area contributed by atoms with E-state index in [2.05, 4.69) is 4.90 Å². The van der Waals surface area contributed by atoms with E-state index in [4.69, 9.17) is 26.2 Å². The Hall–Kier alpha value is -1.34. The Kier molecular flexibility index (Phi) is 5.53. The first-order valence-electron chi connectivity index (χ1n) is 8.54. The van der Waals surface area contributed by atoms with Crippen LogP contribution in [0.2, 0.25) is 5.02 Å². The largest absolute Gasteiger partial charge is 0.482 e. The highest BCUT2D eigenvalue weighted by Gasteiger charge is 2.50. The van der Waals surface area contributed by atoms with E-state index in [1.165, 1.54) is 0 Å². The number of hydrogen-bond donors (Lipinski definition) is 2. The predicted molar refractivity (Wildman–Crippen MR) is 93.0 cm³/mol. The Balaban J connectivity index is 1.79. The van der Waals surface area contributed by atoms with Crippen molar-refractivity contribution in [2.24, 2.45) is 0 Å². The van der Waals surface area contributed by atoms with E-state index in [1.807, 2.05) is 6.07 Å². The summed E-state index contributed by atoms with van der Waals surface area (Å²) in [6.07, 6.45) is 2.91. The maximum absolute atomic E-state index is 10.8. The molecular formula is C18H24ClNO5. The molecule has 1 aromatic carbocycles. The number of rotatable bonds is 6. The molecule has 3 rings (SSSR count). The van der Waals surface area contributed by atoms with Crippen LogP contribution in [0, 0.1) is 0 Å². The Bertz CT molecular complexity index is 640. The number of aliphatic carboxylic acids is 1. The lowest BCUT2D eigenvalue weighted by Gasteiger charge is -2.42. The monoisotopic (exact) mass is 369 g/mol. The van der Waals surface area contributed by atoms with Gasteiger partial charge in [0.25, 0.3) is 0 Å². The van der Waals surface area contributed by atoms with Gasteiger partial charge in [0, 0.05) is 36.8 Å². The SMILES string of the molecule is CO[C@@]12CCC(O)CC1N(Cc1cc(Cl)ccc1OCC(=O)O)CC2. The lowest BCUT2D eigenvalue weighted by atomic mass is 9.79. The summed E-state index contributed by atoms with van der Waals surface area (Å²) in [6, 6.07) is 5.34. The van der Waals surface area contributed by atoms with Gasteiger partial charge in [0.1, 0.15) is 5.75 Å². The molecule has 6 nitrogen and oxygen atoms in total. The van der Waals surface area contributed by atoms with Gasteiger partial charge >= 0.3 is 5.97 Å². The molecule has 2 aliphatic rings. The number of benzene rings is 1. The maximum atomic E-state index is 10.8. The van der Waals surface area contributed by atoms with Crippen LogP contribution in [0.4, 0.5) is 0 Å². The number of nitrogens with zero attached hydrogens (tertiary/aromatic N) is 1. The quantitative estimate of drug-likeness (QED) is 0.801. The lowest BCUT2D eigenvalue weighted by Crippen LogP contribution is -2.51. The van der Waals surface area contributed by atoms with Gasteiger partial charge in [-0.15, -0.1) is 0 Å². The molecule has 1 aromatic rings. The van der Waals surface area contributed by atoms with E-state index in [-0.39, 0.29) is 17.7 Å². The van der Waals surface area contributed by atoms with Crippen LogP contribution in [0.5, 0.6) is 5.75 Å². The second-order valence-electron chi connectivity index (χ2n) is 6.87. The molecule has 1 saturated carbocycles. The Morgan fingerprint density at radius 2 is 2.24 bits per heavy atom. The van der Waals surface area contributed by atoms with E-state index < -0.39 is 12.6 Å². The van der Waals surface area contributed by atoms with Crippen LogP contribution < -0.4 is 4.74 Å². The zero-order valence-corrected chi connectivity index (χ0v) is 15.0. The van der Waals surface area contributed by atoms with Gasteiger partial charge in [-0.25, -0.2) is 4.79 Å². The first-order valence-corrected chi connectivity index (χ1v) is 8.91. The van der Waals surface area contributed by atoms with Crippen molar-refractivity contribution >= 4 is 17.6 Å². The second kappa shape index (κ2) is 7.50. The number of aliphatic hydroxyl groups excluding tert-OH is 1. The molecule has 0 amide bonds. The highest BCUT2D eigenvalue weighted by atomic mass is 35.5. The van der Waals surface area contributed by atoms with Crippen LogP contribution in [0.3, 0.4) is 0 Å². The van der Waals surface area contributed by atoms with Gasteiger partial charge in [0.15, 0.2) is 6.61 Å². The minimum absolute atomic E-state index is 0.132. The van der Waals surface area contributed by atoms with Crippen molar-refractivity contribution in [3.63, 3.8) is 0 Å². The summed E-state index contributed by atoms with van der Waals surface area (Å²) in [7, 11) is 1.75. The maximum Gasteiger partial charge on any atom is 0.341 e. The van der Waals surface area contributed by atoms with Gasteiger partial charge in [-0.05, 0) is 43.9 Å². The highest BCUT2D eigenvalue weighted by molar-refractivity contribution is 6.30. The van der Waals surface area contributed by atoms with Gasteiger partial charge in [0.05, 0.1) is 11.7 Å². The smallest absolute Gasteiger partial charge is 0.341 e. The average molecular weight is 370 g/mol. The van der Waals surface area contributed by atoms with Crippen molar-refractivity contribution in [3.05, 3.63) is 28.8 Å². The summed E-state index contributed by atoms with van der Waals surface area (Å²) in [5, 5.41) is 19.5. The Morgan fingerprint density at radius 1 is 1.44 bits per heavy atom. The highest BCUT2D eigenvalue weighted by Crippen LogP contribution is 2.43. The first-order chi connectivity index (χ1) is 11.9. The van der Waals surface area contributed by atoms with Gasteiger partial charge in [-0.3, -0.25) is 4.90 Å². The Morgan fingerprint density at radius 3 is 2.96 bits per heavy atom. The molecule has 1 aliphatic heterocycles. The molecule has 2 N–H and O–H groups in total. The van der Waals surface area contributed by atoms with Crippen LogP contribution in [-0.2, 0) is 16.1 Å². The van der Waals surface area contributed by atoms with Crippen molar-refractivity contribution in [1.29, 1.82) is 0 Å². The van der Waals surface area contributed by atoms with E-state index >= 15 is 0 Å². The number of likely N-dealkylation sites (tertiary alicyclic amines) is 1. The molecule has 2 fully saturated rings. The fourth-order valence-corrected chi connectivity index (χ4v) is 4.32. The summed E-state index contributed by atoms with van der Waals surface area (Å²) in [5.41, 5.74) is 0.639. The minimum Gasteiger partial charge on any atom is -0.482 e. The minimum atomic E-state index is -1.02. The molecule has 0 aromatic heterocycles. The van der Waals surface area contributed by atoms with E-state index in [0.29, 0.717) is 23.7 Å². The number of methoxy groups -OCH3 is 1. The zero-order valence-electron chi connectivity index (χ0n) is 14.3. The van der Waals surface area contributed by atoms with Crippen molar-refractivity contribution in [2.45, 2.75) is 50.0 Å². The molecule has 2 unspecified atom stereocenters. The predicted octanol–water partition coefficient (Wildman–Crippen LogP) is 2.31. The summed E-state index contributed by atoms with van der Waals surface area (Å²) in [6.45, 7) is 1.05. The van der Waals surface area contributed by atoms with Crippen LogP contribution in [0.25, 0.3) is 0 Å². The normalized spacial score (nSPS) is 29.4. The molecule has 25 heavy (non-hydrogen) atoms. The number of fused-ring (bicyclic) bond motifs is 1. The van der Waals surface area contributed by atoms with Crippen molar-refractivity contribution in [2.75, 3.05) is 20.3 Å². The second-order valence-corrected chi connectivity index (χ2v) is 7.30. The molecule has 1 saturated heterocycles. The lowest BCUT2D eigenvalue weighted by molar-refractivity contribution is -0.139. The summed E-state index contributed by atoms with van der Waals surface area (Å²) >= 11 is 6.13. The molecule has 0 bridgehead atoms. The molecular weight excluding hydrogens is 346 g/mol. The first kappa shape index (κ1) is 18.5. The average Bonchev–Trinajstić information content (AvgIpc) is 2.93. The third-order valence-electron chi connectivity index (χ3n) is 5.42. The van der Waals surface area contributed by atoms with E-state index in [0.717, 1.165) is 31.4 Å². The molecule has 138 valence electrons. The third kappa shape index (κ3) is 3.92. The summed E-state index contributed by atoms with van der Waals surface area (Å²) < 4.78 is 11.3. The van der Waals surface area contributed by atoms with Crippen LogP contribution in [-0.4, -0.2) is 59.1 Å². The Labute approximate surface area is 152 Å². The van der Waals surface area contributed by atoms with Gasteiger partial charge in [0.2, 0.25) is 0 Å². The van der Waals surface area contributed by atoms with Gasteiger partial charge < -0.3 is 19.7 Å². The van der Waals surface area contributed by atoms with Crippen LogP contribution >= 0.6 is 11.6 Å². The number of ether oxygens (including phenoxy) is 2. The van der Waals surface area contributed by atoms with E-state index in [9.17, 15) is 9.90 Å². The summed E-state index contributed by atoms with van der Waals surface area (Å²) in [5.74, 6) is -0.492. The molecule has 0 radical (unpaired) electrons. The van der Waals surface area contributed by atoms with Crippen LogP contribution in [0.15, 0.2) is 18.2 Å². The number of halogens is 1. The van der Waals surface area contributed by atoms with Gasteiger partial charge in [-0.1, -0.05) is 11.6 Å². The van der Waals surface area contributed by atoms with Crippen molar-refractivity contribution < 1.29 is 24.5 Å². The van der Waals surface area contributed by atoms with Crippen molar-refractivity contribution in [1.82, 2.24) is 4.90 Å². The number of carboxylic acid groups (broad SMARTS) is 1. The summed E-state index contributed by atoms with van der Waals surface area (Å²) in [4.78, 5) is 13.1. The molecule has 7 heteroatoms. The topological polar surface area (TPSA) is 79.2 Å². The number of carboxylic acids is 1.